The molecule has 16 nitrogen and oxygen atoms in total. The quantitative estimate of drug-likeness (QED) is 0.221. The van der Waals surface area contributed by atoms with Gasteiger partial charge < -0.3 is 34.8 Å². The average Bonchev–Trinajstić information content (AvgIpc) is 3.84. The number of H-pyrrole nitrogens is 1. The Labute approximate surface area is 301 Å². The van der Waals surface area contributed by atoms with Crippen molar-refractivity contribution in [1.82, 2.24) is 45.7 Å². The van der Waals surface area contributed by atoms with Gasteiger partial charge in [-0.15, -0.1) is 0 Å². The Morgan fingerprint density at radius 3 is 2.50 bits per heavy atom. The fourth-order valence-electron chi connectivity index (χ4n) is 6.64. The van der Waals surface area contributed by atoms with Gasteiger partial charge in [-0.2, -0.15) is 15.4 Å². The van der Waals surface area contributed by atoms with Crippen LogP contribution in [0.3, 0.4) is 0 Å². The van der Waals surface area contributed by atoms with Crippen molar-refractivity contribution in [2.45, 2.75) is 83.3 Å². The first-order chi connectivity index (χ1) is 25.2. The van der Waals surface area contributed by atoms with Gasteiger partial charge in [0.25, 0.3) is 11.8 Å². The van der Waals surface area contributed by atoms with Gasteiger partial charge in [0.05, 0.1) is 24.0 Å². The Morgan fingerprint density at radius 1 is 1.00 bits per heavy atom. The van der Waals surface area contributed by atoms with Crippen LogP contribution in [0.5, 0.6) is 5.75 Å². The van der Waals surface area contributed by atoms with E-state index in [-0.39, 0.29) is 61.3 Å². The predicted molar refractivity (Wildman–Crippen MR) is 188 cm³/mol. The lowest BCUT2D eigenvalue weighted by Crippen LogP contribution is -2.56. The van der Waals surface area contributed by atoms with E-state index in [4.69, 9.17) is 9.47 Å². The summed E-state index contributed by atoms with van der Waals surface area (Å²) in [5.74, 6) is -1.12. The third kappa shape index (κ3) is 8.77. The number of ether oxygens (including phenoxy) is 2. The van der Waals surface area contributed by atoms with Gasteiger partial charge in [-0.25, -0.2) is 9.78 Å². The largest absolute Gasteiger partial charge is 0.483 e. The van der Waals surface area contributed by atoms with Crippen molar-refractivity contribution in [3.63, 3.8) is 0 Å². The molecule has 1 saturated carbocycles. The number of likely N-dealkylation sites (tertiary alicyclic amines) is 1. The van der Waals surface area contributed by atoms with Gasteiger partial charge in [0, 0.05) is 56.6 Å². The van der Waals surface area contributed by atoms with Crippen LogP contribution in [0, 0.1) is 6.92 Å². The number of nitrogens with zero attached hydrogens (tertiary/aromatic N) is 6. The first-order valence-electron chi connectivity index (χ1n) is 18.2. The van der Waals surface area contributed by atoms with Gasteiger partial charge >= 0.3 is 6.09 Å². The number of carbonyl (C=O) groups excluding carboxylic acids is 5. The van der Waals surface area contributed by atoms with E-state index < -0.39 is 24.1 Å². The standard InChI is InChI=1S/C36H47N9O7/c1-3-4-17-51-36(50)44-15-13-43(14-16-44)35(49)29(19-25-21-37-42-41-25)40-33(47)28-20-31(26-11-10-23(2)18-27(26)39-28)52-22-32(46)45-12-6-9-30(45)34(48)38-24-7-5-8-24/h10-11,18,20-21,24,29-30H,3-9,12-17,19,22H2,1-2H3,(H,38,48)(H,40,47)(H,37,41,42)/t29-,30-/m0/s1. The van der Waals surface area contributed by atoms with E-state index >= 15 is 0 Å². The molecule has 0 spiro atoms. The average molecular weight is 718 g/mol. The van der Waals surface area contributed by atoms with E-state index in [1.54, 1.807) is 14.7 Å². The van der Waals surface area contributed by atoms with Gasteiger partial charge in [-0.05, 0) is 63.1 Å². The molecule has 3 fully saturated rings. The van der Waals surface area contributed by atoms with Crippen molar-refractivity contribution >= 4 is 40.6 Å². The third-order valence-electron chi connectivity index (χ3n) is 9.89. The number of rotatable bonds is 13. The number of carbonyl (C=O) groups is 5. The highest BCUT2D eigenvalue weighted by atomic mass is 16.6. The van der Waals surface area contributed by atoms with Crippen LogP contribution < -0.4 is 15.4 Å². The second-order valence-corrected chi connectivity index (χ2v) is 13.7. The maximum Gasteiger partial charge on any atom is 0.409 e. The minimum Gasteiger partial charge on any atom is -0.483 e. The molecule has 3 aromatic rings. The van der Waals surface area contributed by atoms with Crippen LogP contribution in [0.1, 0.15) is 73.6 Å². The van der Waals surface area contributed by atoms with Crippen molar-refractivity contribution in [3.05, 3.63) is 47.4 Å². The second-order valence-electron chi connectivity index (χ2n) is 13.7. The summed E-state index contributed by atoms with van der Waals surface area (Å²) >= 11 is 0. The van der Waals surface area contributed by atoms with Crippen molar-refractivity contribution in [1.29, 1.82) is 0 Å². The number of aryl methyl sites for hydroxylation is 1. The first kappa shape index (κ1) is 36.5. The summed E-state index contributed by atoms with van der Waals surface area (Å²) in [5.41, 5.74) is 1.86. The SMILES string of the molecule is CCCCOC(=O)N1CCN(C(=O)[C@H](Cc2cn[nH]n2)NC(=O)c2cc(OCC(=O)N3CCC[C@H]3C(=O)NC3CCC3)c3ccc(C)cc3n2)CC1. The van der Waals surface area contributed by atoms with Gasteiger partial charge in [-0.1, -0.05) is 19.4 Å². The van der Waals surface area contributed by atoms with Gasteiger partial charge in [0.1, 0.15) is 23.5 Å². The molecule has 2 saturated heterocycles. The van der Waals surface area contributed by atoms with E-state index in [9.17, 15) is 24.0 Å². The molecule has 0 radical (unpaired) electrons. The number of unbranched alkanes of at least 4 members (excludes halogenated alkanes) is 1. The Morgan fingerprint density at radius 2 is 1.79 bits per heavy atom. The highest BCUT2D eigenvalue weighted by Crippen LogP contribution is 2.28. The summed E-state index contributed by atoms with van der Waals surface area (Å²) < 4.78 is 11.4. The molecule has 0 bridgehead atoms. The zero-order valence-electron chi connectivity index (χ0n) is 29.8. The fraction of sp³-hybridized carbons (Fsp3) is 0.556. The molecule has 16 heteroatoms. The van der Waals surface area contributed by atoms with E-state index in [1.807, 2.05) is 32.0 Å². The molecular formula is C36H47N9O7. The minimum absolute atomic E-state index is 0.00271. The van der Waals surface area contributed by atoms with Crippen LogP contribution >= 0.6 is 0 Å². The number of hydrogen-bond acceptors (Lipinski definition) is 10. The van der Waals surface area contributed by atoms with Gasteiger partial charge in [0.2, 0.25) is 11.8 Å². The second kappa shape index (κ2) is 16.8. The van der Waals surface area contributed by atoms with Crippen LogP contribution in [0.15, 0.2) is 30.5 Å². The third-order valence-corrected chi connectivity index (χ3v) is 9.89. The first-order valence-corrected chi connectivity index (χ1v) is 18.2. The molecule has 2 aromatic heterocycles. The molecule has 5 amide bonds. The number of benzene rings is 1. The van der Waals surface area contributed by atoms with Crippen LogP contribution in [0.2, 0.25) is 0 Å². The summed E-state index contributed by atoms with van der Waals surface area (Å²) in [6, 6.07) is 5.62. The highest BCUT2D eigenvalue weighted by Gasteiger charge is 2.36. The maximum atomic E-state index is 13.9. The topological polar surface area (TPSA) is 192 Å². The molecule has 3 aliphatic rings. The molecule has 2 atom stereocenters. The molecule has 0 unspecified atom stereocenters. The van der Waals surface area contributed by atoms with Crippen molar-refractivity contribution in [2.24, 2.45) is 0 Å². The van der Waals surface area contributed by atoms with Crippen molar-refractivity contribution < 1.29 is 33.4 Å². The van der Waals surface area contributed by atoms with E-state index in [0.29, 0.717) is 49.3 Å². The molecule has 52 heavy (non-hydrogen) atoms. The van der Waals surface area contributed by atoms with Crippen LogP contribution in [0.4, 0.5) is 4.79 Å². The van der Waals surface area contributed by atoms with E-state index in [2.05, 4.69) is 31.0 Å². The zero-order valence-corrected chi connectivity index (χ0v) is 29.8. The summed E-state index contributed by atoms with van der Waals surface area (Å²) in [7, 11) is 0. The maximum absolute atomic E-state index is 13.9. The number of pyridine rings is 1. The van der Waals surface area contributed by atoms with Crippen LogP contribution in [0.25, 0.3) is 10.9 Å². The Kier molecular flexibility index (Phi) is 11.8. The molecular weight excluding hydrogens is 670 g/mol. The monoisotopic (exact) mass is 717 g/mol. The Balaban J connectivity index is 1.15. The lowest BCUT2D eigenvalue weighted by Gasteiger charge is -2.36. The van der Waals surface area contributed by atoms with Gasteiger partial charge in [0.15, 0.2) is 6.61 Å². The minimum atomic E-state index is -1.01. The molecule has 278 valence electrons. The van der Waals surface area contributed by atoms with E-state index in [0.717, 1.165) is 44.1 Å². The zero-order chi connectivity index (χ0) is 36.6. The Hall–Kier alpha value is -5.28. The summed E-state index contributed by atoms with van der Waals surface area (Å²) in [6.07, 6.45) is 7.19. The lowest BCUT2D eigenvalue weighted by molar-refractivity contribution is -0.140. The smallest absolute Gasteiger partial charge is 0.409 e. The highest BCUT2D eigenvalue weighted by molar-refractivity contribution is 5.99. The number of hydrogen-bond donors (Lipinski definition) is 3. The normalized spacial score (nSPS) is 18.1. The number of aromatic amines is 1. The van der Waals surface area contributed by atoms with E-state index in [1.165, 1.54) is 12.3 Å². The molecule has 1 aromatic carbocycles. The number of piperazine rings is 1. The molecule has 3 N–H and O–H groups in total. The summed E-state index contributed by atoms with van der Waals surface area (Å²) in [5, 5.41) is 17.0. The number of amides is 5. The molecule has 4 heterocycles. The van der Waals surface area contributed by atoms with Crippen molar-refractivity contribution in [2.75, 3.05) is 45.9 Å². The molecule has 6 rings (SSSR count). The van der Waals surface area contributed by atoms with Gasteiger partial charge in [-0.3, -0.25) is 19.2 Å². The van der Waals surface area contributed by atoms with Crippen LogP contribution in [-0.2, 0) is 25.5 Å². The number of fused-ring (bicyclic) bond motifs is 1. The molecule has 1 aliphatic carbocycles. The summed E-state index contributed by atoms with van der Waals surface area (Å²) in [4.78, 5) is 75.9. The summed E-state index contributed by atoms with van der Waals surface area (Å²) in [6.45, 7) is 5.55. The van der Waals surface area contributed by atoms with Crippen molar-refractivity contribution in [3.8, 4) is 5.75 Å². The Bertz CT molecular complexity index is 1760. The molecule has 2 aliphatic heterocycles. The fourth-order valence-corrected chi connectivity index (χ4v) is 6.64. The number of aromatic nitrogens is 4. The lowest BCUT2D eigenvalue weighted by atomic mass is 9.93. The van der Waals surface area contributed by atoms with Crippen LogP contribution in [-0.4, -0.2) is 129 Å². The predicted octanol–water partition coefficient (Wildman–Crippen LogP) is 2.12. The number of nitrogens with one attached hydrogen (secondary N) is 3.